The van der Waals surface area contributed by atoms with Crippen LogP contribution >= 0.6 is 22.7 Å². The minimum absolute atomic E-state index is 0.0578. The van der Waals surface area contributed by atoms with Crippen molar-refractivity contribution in [1.29, 1.82) is 0 Å². The first-order chi connectivity index (χ1) is 12.9. The molecule has 1 fully saturated rings. The van der Waals surface area contributed by atoms with Gasteiger partial charge in [0.25, 0.3) is 5.91 Å². The van der Waals surface area contributed by atoms with Crippen LogP contribution in [0.25, 0.3) is 10.2 Å². The number of rotatable bonds is 3. The van der Waals surface area contributed by atoms with Crippen molar-refractivity contribution >= 4 is 48.8 Å². The van der Waals surface area contributed by atoms with E-state index in [0.717, 1.165) is 16.9 Å². The number of fused-ring (bicyclic) bond motifs is 1. The van der Waals surface area contributed by atoms with E-state index in [4.69, 9.17) is 0 Å². The molecule has 10 heteroatoms. The lowest BCUT2D eigenvalue weighted by atomic mass is 10.3. The molecule has 142 valence electrons. The van der Waals surface area contributed by atoms with Crippen molar-refractivity contribution in [2.45, 2.75) is 4.90 Å². The first kappa shape index (κ1) is 18.4. The zero-order valence-electron chi connectivity index (χ0n) is 14.5. The van der Waals surface area contributed by atoms with Crippen LogP contribution in [-0.4, -0.2) is 54.3 Å². The van der Waals surface area contributed by atoms with Crippen molar-refractivity contribution < 1.29 is 13.2 Å². The molecule has 0 bridgehead atoms. The summed E-state index contributed by atoms with van der Waals surface area (Å²) in [5.74, 6) is -0.0578. The Balaban J connectivity index is 1.53. The van der Waals surface area contributed by atoms with E-state index >= 15 is 0 Å². The van der Waals surface area contributed by atoms with Gasteiger partial charge in [-0.15, -0.1) is 11.3 Å². The second-order valence-electron chi connectivity index (χ2n) is 6.23. The highest BCUT2D eigenvalue weighted by Crippen LogP contribution is 2.24. The van der Waals surface area contributed by atoms with E-state index in [9.17, 15) is 18.0 Å². The molecule has 3 heterocycles. The molecule has 2 aromatic heterocycles. The number of benzene rings is 1. The molecule has 0 aliphatic carbocycles. The molecule has 1 amide bonds. The molecule has 27 heavy (non-hydrogen) atoms. The number of aromatic nitrogens is 1. The molecule has 0 saturated carbocycles. The maximum atomic E-state index is 13.0. The molecule has 0 atom stereocenters. The van der Waals surface area contributed by atoms with Crippen LogP contribution in [0.1, 0.15) is 9.67 Å². The van der Waals surface area contributed by atoms with Gasteiger partial charge in [0.15, 0.2) is 0 Å². The van der Waals surface area contributed by atoms with E-state index < -0.39 is 10.0 Å². The lowest BCUT2D eigenvalue weighted by molar-refractivity contribution is 0.0703. The third kappa shape index (κ3) is 3.22. The molecule has 0 spiro atoms. The molecule has 4 rings (SSSR count). The molecule has 1 saturated heterocycles. The highest BCUT2D eigenvalue weighted by molar-refractivity contribution is 7.89. The number of carbonyl (C=O) groups is 1. The maximum Gasteiger partial charge on any atom is 0.307 e. The van der Waals surface area contributed by atoms with Gasteiger partial charge < -0.3 is 9.47 Å². The number of carbonyl (C=O) groups excluding carboxylic acids is 1. The molecule has 0 radical (unpaired) electrons. The van der Waals surface area contributed by atoms with E-state index in [1.165, 1.54) is 26.3 Å². The number of thiophene rings is 1. The Morgan fingerprint density at radius 1 is 1.11 bits per heavy atom. The molecule has 3 aromatic rings. The topological polar surface area (TPSA) is 79.7 Å². The van der Waals surface area contributed by atoms with Crippen molar-refractivity contribution in [3.05, 3.63) is 50.3 Å². The summed E-state index contributed by atoms with van der Waals surface area (Å²) in [5, 5.41) is 1.85. The molecule has 0 unspecified atom stereocenters. The molecular formula is C17H17N3O4S3. The van der Waals surface area contributed by atoms with Gasteiger partial charge in [-0.25, -0.2) is 8.42 Å². The zero-order chi connectivity index (χ0) is 19.2. The third-order valence-corrected chi connectivity index (χ3v) is 8.41. The Hall–Kier alpha value is -2.01. The zero-order valence-corrected chi connectivity index (χ0v) is 16.9. The number of aryl methyl sites for hydroxylation is 1. The van der Waals surface area contributed by atoms with Crippen LogP contribution < -0.4 is 4.87 Å². The SMILES string of the molecule is Cn1c(=O)sc2cc(S(=O)(=O)N3CCN(C(=O)c4cccs4)CC3)ccc21. The lowest BCUT2D eigenvalue weighted by Crippen LogP contribution is -2.50. The van der Waals surface area contributed by atoms with Crippen molar-refractivity contribution in [3.8, 4) is 0 Å². The van der Waals surface area contributed by atoms with Gasteiger partial charge in [0.2, 0.25) is 10.0 Å². The Bertz CT molecular complexity index is 1150. The highest BCUT2D eigenvalue weighted by Gasteiger charge is 2.31. The lowest BCUT2D eigenvalue weighted by Gasteiger charge is -2.33. The molecule has 1 aliphatic rings. The Kier molecular flexibility index (Phi) is 4.66. The summed E-state index contributed by atoms with van der Waals surface area (Å²) in [7, 11) is -2.00. The Labute approximate surface area is 164 Å². The average Bonchev–Trinajstić information content (AvgIpc) is 3.30. The average molecular weight is 424 g/mol. The fourth-order valence-corrected chi connectivity index (χ4v) is 6.24. The highest BCUT2D eigenvalue weighted by atomic mass is 32.2. The number of sulfonamides is 1. The van der Waals surface area contributed by atoms with Crippen molar-refractivity contribution in [1.82, 2.24) is 13.8 Å². The predicted molar refractivity (Wildman–Crippen MR) is 106 cm³/mol. The number of hydrogen-bond donors (Lipinski definition) is 0. The second kappa shape index (κ2) is 6.86. The molecule has 7 nitrogen and oxygen atoms in total. The Morgan fingerprint density at radius 3 is 2.52 bits per heavy atom. The first-order valence-electron chi connectivity index (χ1n) is 8.30. The minimum Gasteiger partial charge on any atom is -0.335 e. The second-order valence-corrected chi connectivity index (χ2v) is 10.1. The number of thiazole rings is 1. The van der Waals surface area contributed by atoms with Gasteiger partial charge >= 0.3 is 4.87 Å². The van der Waals surface area contributed by atoms with Crippen molar-refractivity contribution in [2.75, 3.05) is 26.2 Å². The van der Waals surface area contributed by atoms with Crippen LogP contribution in [0.2, 0.25) is 0 Å². The predicted octanol–water partition coefficient (Wildman–Crippen LogP) is 1.81. The Morgan fingerprint density at radius 2 is 1.85 bits per heavy atom. The number of piperazine rings is 1. The smallest absolute Gasteiger partial charge is 0.307 e. The van der Waals surface area contributed by atoms with Crippen molar-refractivity contribution in [2.24, 2.45) is 7.05 Å². The number of amides is 1. The number of hydrogen-bond acceptors (Lipinski definition) is 6. The first-order valence-corrected chi connectivity index (χ1v) is 11.4. The van der Waals surface area contributed by atoms with E-state index in [2.05, 4.69) is 0 Å². The van der Waals surface area contributed by atoms with Gasteiger partial charge in [0.1, 0.15) is 0 Å². The fourth-order valence-electron chi connectivity index (χ4n) is 3.11. The van der Waals surface area contributed by atoms with E-state index in [0.29, 0.717) is 22.7 Å². The fraction of sp³-hybridized carbons (Fsp3) is 0.294. The molecular weight excluding hydrogens is 406 g/mol. The summed E-state index contributed by atoms with van der Waals surface area (Å²) in [6.45, 7) is 1.22. The van der Waals surface area contributed by atoms with Crippen LogP contribution in [0.15, 0.2) is 45.4 Å². The van der Waals surface area contributed by atoms with Crippen LogP contribution in [-0.2, 0) is 17.1 Å². The van der Waals surface area contributed by atoms with Crippen LogP contribution in [0.3, 0.4) is 0 Å². The van der Waals surface area contributed by atoms with Crippen molar-refractivity contribution in [3.63, 3.8) is 0 Å². The van der Waals surface area contributed by atoms with E-state index in [-0.39, 0.29) is 28.8 Å². The van der Waals surface area contributed by atoms with E-state index in [1.54, 1.807) is 30.1 Å². The van der Waals surface area contributed by atoms with Gasteiger partial charge in [-0.1, -0.05) is 17.4 Å². The summed E-state index contributed by atoms with van der Waals surface area (Å²) in [6, 6.07) is 8.35. The summed E-state index contributed by atoms with van der Waals surface area (Å²) in [5.41, 5.74) is 0.718. The maximum absolute atomic E-state index is 13.0. The van der Waals surface area contributed by atoms with Crippen LogP contribution in [0.5, 0.6) is 0 Å². The summed E-state index contributed by atoms with van der Waals surface area (Å²) >= 11 is 2.41. The largest absolute Gasteiger partial charge is 0.335 e. The van der Waals surface area contributed by atoms with Crippen LogP contribution in [0, 0.1) is 0 Å². The quantitative estimate of drug-likeness (QED) is 0.644. The van der Waals surface area contributed by atoms with Gasteiger partial charge in [-0.2, -0.15) is 4.31 Å². The van der Waals surface area contributed by atoms with Gasteiger partial charge in [-0.05, 0) is 29.6 Å². The number of nitrogens with zero attached hydrogens (tertiary/aromatic N) is 3. The summed E-state index contributed by atoms with van der Waals surface area (Å²) in [6.07, 6.45) is 0. The van der Waals surface area contributed by atoms with Crippen LogP contribution in [0.4, 0.5) is 0 Å². The van der Waals surface area contributed by atoms with Gasteiger partial charge in [0, 0.05) is 33.2 Å². The molecule has 1 aromatic carbocycles. The third-order valence-electron chi connectivity index (χ3n) is 4.66. The minimum atomic E-state index is -3.67. The molecule has 1 aliphatic heterocycles. The van der Waals surface area contributed by atoms with Gasteiger partial charge in [-0.3, -0.25) is 9.59 Å². The van der Waals surface area contributed by atoms with Gasteiger partial charge in [0.05, 0.1) is 20.0 Å². The summed E-state index contributed by atoms with van der Waals surface area (Å²) in [4.78, 5) is 26.6. The van der Waals surface area contributed by atoms with E-state index in [1.807, 2.05) is 11.4 Å². The summed E-state index contributed by atoms with van der Waals surface area (Å²) < 4.78 is 29.5. The molecule has 0 N–H and O–H groups in total. The normalized spacial score (nSPS) is 16.1. The standard InChI is InChI=1S/C17H17N3O4S3/c1-18-13-5-4-12(11-15(13)26-17(18)22)27(23,24)20-8-6-19(7-9-20)16(21)14-3-2-10-25-14/h2-5,10-11H,6-9H2,1H3. The monoisotopic (exact) mass is 423 g/mol.